The second kappa shape index (κ2) is 11.6. The molecule has 1 unspecified atom stereocenters. The summed E-state index contributed by atoms with van der Waals surface area (Å²) in [6.45, 7) is 8.51. The van der Waals surface area contributed by atoms with E-state index in [4.69, 9.17) is 14.7 Å². The molecule has 1 saturated heterocycles. The summed E-state index contributed by atoms with van der Waals surface area (Å²) in [6.07, 6.45) is 0.156. The first-order valence-corrected chi connectivity index (χ1v) is 13.7. The molecule has 4 rings (SSSR count). The molecule has 7 nitrogen and oxygen atoms in total. The van der Waals surface area contributed by atoms with Gasteiger partial charge in [0.2, 0.25) is 0 Å². The minimum Gasteiger partial charge on any atom is -0.494 e. The third-order valence-corrected chi connectivity index (χ3v) is 7.69. The number of hydrogen-bond acceptors (Lipinski definition) is 6. The molecule has 0 radical (unpaired) electrons. The Morgan fingerprint density at radius 3 is 2.38 bits per heavy atom. The minimum absolute atomic E-state index is 0.0792. The van der Waals surface area contributed by atoms with Gasteiger partial charge in [-0.2, -0.15) is 5.26 Å². The molecule has 0 saturated carbocycles. The fourth-order valence-corrected chi connectivity index (χ4v) is 5.74. The van der Waals surface area contributed by atoms with Gasteiger partial charge in [0.15, 0.2) is 11.6 Å². The van der Waals surface area contributed by atoms with Crippen molar-refractivity contribution < 1.29 is 27.8 Å². The van der Waals surface area contributed by atoms with Gasteiger partial charge in [0.25, 0.3) is 5.91 Å². The van der Waals surface area contributed by atoms with Crippen LogP contribution in [0.15, 0.2) is 42.5 Å². The highest BCUT2D eigenvalue weighted by atomic mass is 32.1. The maximum absolute atomic E-state index is 14.7. The molecule has 0 aliphatic carbocycles. The number of nitrogens with zero attached hydrogens (tertiary/aromatic N) is 3. The number of carbonyl (C=O) groups is 2. The third-order valence-electron chi connectivity index (χ3n) is 6.51. The Balaban J connectivity index is 1.70. The van der Waals surface area contributed by atoms with E-state index in [1.807, 2.05) is 33.8 Å². The highest BCUT2D eigenvalue weighted by Gasteiger charge is 2.32. The maximum atomic E-state index is 14.7. The molecule has 1 atom stereocenters. The molecule has 1 aliphatic heterocycles. The van der Waals surface area contributed by atoms with Gasteiger partial charge in [-0.3, -0.25) is 4.79 Å². The van der Waals surface area contributed by atoms with Crippen LogP contribution in [0, 0.1) is 23.0 Å². The largest absolute Gasteiger partial charge is 0.494 e. The van der Waals surface area contributed by atoms with E-state index in [9.17, 15) is 18.4 Å². The summed E-state index contributed by atoms with van der Waals surface area (Å²) in [5.74, 6) is -1.41. The van der Waals surface area contributed by atoms with Crippen LogP contribution in [0.5, 0.6) is 5.75 Å². The molecular formula is C30H31F2N3O4S. The van der Waals surface area contributed by atoms with Gasteiger partial charge in [-0.15, -0.1) is 11.3 Å². The van der Waals surface area contributed by atoms with Crippen LogP contribution in [0.3, 0.4) is 0 Å². The molecule has 10 heteroatoms. The number of methoxy groups -OCH3 is 1. The summed E-state index contributed by atoms with van der Waals surface area (Å²) < 4.78 is 39.8. The zero-order chi connectivity index (χ0) is 29.2. The van der Waals surface area contributed by atoms with E-state index in [0.29, 0.717) is 52.5 Å². The van der Waals surface area contributed by atoms with Crippen LogP contribution < -0.4 is 4.74 Å². The summed E-state index contributed by atoms with van der Waals surface area (Å²) in [7, 11) is 1.37. The van der Waals surface area contributed by atoms with Gasteiger partial charge >= 0.3 is 6.09 Å². The Bertz CT molecular complexity index is 1470. The number of rotatable bonds is 4. The van der Waals surface area contributed by atoms with E-state index in [1.165, 1.54) is 42.7 Å². The first-order valence-electron chi connectivity index (χ1n) is 12.9. The highest BCUT2D eigenvalue weighted by molar-refractivity contribution is 7.18. The fraction of sp³-hybridized carbons (Fsp3) is 0.367. The Labute approximate surface area is 236 Å². The van der Waals surface area contributed by atoms with E-state index >= 15 is 0 Å². The number of amides is 2. The molecular weight excluding hydrogens is 536 g/mol. The lowest BCUT2D eigenvalue weighted by molar-refractivity contribution is 0.0232. The number of ether oxygens (including phenoxy) is 2. The number of thiophene rings is 1. The van der Waals surface area contributed by atoms with Crippen LogP contribution in [0.25, 0.3) is 21.6 Å². The van der Waals surface area contributed by atoms with Crippen LogP contribution in [0.2, 0.25) is 0 Å². The number of nitriles is 1. The monoisotopic (exact) mass is 567 g/mol. The van der Waals surface area contributed by atoms with Crippen molar-refractivity contribution in [1.29, 1.82) is 5.26 Å². The average Bonchev–Trinajstić information content (AvgIpc) is 3.24. The van der Waals surface area contributed by atoms with E-state index in [-0.39, 0.29) is 23.3 Å². The van der Waals surface area contributed by atoms with Crippen LogP contribution in [-0.4, -0.2) is 60.2 Å². The maximum Gasteiger partial charge on any atom is 0.410 e. The lowest BCUT2D eigenvalue weighted by Crippen LogP contribution is -2.45. The first-order chi connectivity index (χ1) is 18.9. The van der Waals surface area contributed by atoms with E-state index in [0.717, 1.165) is 0 Å². The molecule has 0 bridgehead atoms. The molecule has 0 N–H and O–H groups in total. The van der Waals surface area contributed by atoms with Gasteiger partial charge in [-0.1, -0.05) is 6.07 Å². The van der Waals surface area contributed by atoms with E-state index < -0.39 is 23.3 Å². The smallest absolute Gasteiger partial charge is 0.410 e. The minimum atomic E-state index is -0.686. The van der Waals surface area contributed by atoms with Crippen molar-refractivity contribution in [3.63, 3.8) is 0 Å². The number of halogens is 2. The lowest BCUT2D eigenvalue weighted by atomic mass is 10.0. The quantitative estimate of drug-likeness (QED) is 0.350. The number of carbonyl (C=O) groups excluding carboxylic acids is 2. The third kappa shape index (κ3) is 6.26. The van der Waals surface area contributed by atoms with Gasteiger partial charge in [0.05, 0.1) is 17.6 Å². The van der Waals surface area contributed by atoms with Gasteiger partial charge in [-0.05, 0) is 81.6 Å². The van der Waals surface area contributed by atoms with E-state index in [2.05, 4.69) is 0 Å². The molecule has 1 aliphatic rings. The second-order valence-corrected chi connectivity index (χ2v) is 11.7. The summed E-state index contributed by atoms with van der Waals surface area (Å²) in [5, 5.41) is 9.15. The predicted molar refractivity (Wildman–Crippen MR) is 149 cm³/mol. The zero-order valence-corrected chi connectivity index (χ0v) is 23.9. The molecule has 210 valence electrons. The SMILES string of the molecule is COc1ccc(-c2sc(C(=O)N3CCCN(C(=O)OC(C)(C)C)CC3C)cc2-c2ccc(C#N)c(F)c2)cc1F. The molecule has 1 aromatic heterocycles. The molecule has 2 heterocycles. The second-order valence-electron chi connectivity index (χ2n) is 10.6. The summed E-state index contributed by atoms with van der Waals surface area (Å²) in [4.78, 5) is 30.8. The average molecular weight is 568 g/mol. The Morgan fingerprint density at radius 2 is 1.75 bits per heavy atom. The van der Waals surface area contributed by atoms with Gasteiger partial charge in [0, 0.05) is 36.1 Å². The van der Waals surface area contributed by atoms with Crippen molar-refractivity contribution in [2.45, 2.75) is 45.8 Å². The zero-order valence-electron chi connectivity index (χ0n) is 23.1. The van der Waals surface area contributed by atoms with Crippen molar-refractivity contribution in [3.05, 3.63) is 64.5 Å². The molecule has 0 spiro atoms. The topological polar surface area (TPSA) is 82.9 Å². The predicted octanol–water partition coefficient (Wildman–Crippen LogP) is 6.71. The Morgan fingerprint density at radius 1 is 1.05 bits per heavy atom. The van der Waals surface area contributed by atoms with Gasteiger partial charge in [-0.25, -0.2) is 13.6 Å². The Hall–Kier alpha value is -3.97. The summed E-state index contributed by atoms with van der Waals surface area (Å²) >= 11 is 1.18. The van der Waals surface area contributed by atoms with Crippen molar-refractivity contribution in [3.8, 4) is 33.4 Å². The van der Waals surface area contributed by atoms with Crippen molar-refractivity contribution in [2.75, 3.05) is 26.7 Å². The number of benzene rings is 2. The molecule has 40 heavy (non-hydrogen) atoms. The molecule has 2 amide bonds. The standard InChI is InChI=1S/C30H31F2N3O4S/c1-18-17-34(29(37)39-30(2,3)4)11-6-12-35(18)28(36)26-15-22(19-7-8-21(16-33)23(31)13-19)27(40-26)20-9-10-25(38-5)24(32)14-20/h7-10,13-15,18H,6,11-12,17H2,1-5H3. The lowest BCUT2D eigenvalue weighted by Gasteiger charge is -2.30. The van der Waals surface area contributed by atoms with Crippen LogP contribution >= 0.6 is 11.3 Å². The van der Waals surface area contributed by atoms with Crippen LogP contribution in [0.1, 0.15) is 49.4 Å². The molecule has 1 fully saturated rings. The van der Waals surface area contributed by atoms with E-state index in [1.54, 1.807) is 28.0 Å². The van der Waals surface area contributed by atoms with Crippen LogP contribution in [0.4, 0.5) is 13.6 Å². The Kier molecular flexibility index (Phi) is 8.45. The van der Waals surface area contributed by atoms with Crippen molar-refractivity contribution in [2.24, 2.45) is 0 Å². The van der Waals surface area contributed by atoms with Crippen molar-refractivity contribution in [1.82, 2.24) is 9.80 Å². The fourth-order valence-electron chi connectivity index (χ4n) is 4.60. The highest BCUT2D eigenvalue weighted by Crippen LogP contribution is 2.41. The van der Waals surface area contributed by atoms with Gasteiger partial charge in [0.1, 0.15) is 17.5 Å². The normalized spacial score (nSPS) is 15.8. The van der Waals surface area contributed by atoms with Crippen molar-refractivity contribution >= 4 is 23.3 Å². The van der Waals surface area contributed by atoms with Gasteiger partial charge < -0.3 is 19.3 Å². The number of hydrogen-bond donors (Lipinski definition) is 0. The molecule has 2 aromatic carbocycles. The van der Waals surface area contributed by atoms with Crippen LogP contribution in [-0.2, 0) is 4.74 Å². The summed E-state index contributed by atoms with van der Waals surface area (Å²) in [6, 6.07) is 11.9. The first kappa shape index (κ1) is 29.0. The molecule has 3 aromatic rings. The summed E-state index contributed by atoms with van der Waals surface area (Å²) in [5.41, 5.74) is 0.775.